The van der Waals surface area contributed by atoms with E-state index < -0.39 is 23.7 Å². The lowest BCUT2D eigenvalue weighted by molar-refractivity contribution is -0.136. The number of benzene rings is 3. The number of hydrogen-bond acceptors (Lipinski definition) is 7. The highest BCUT2D eigenvalue weighted by atomic mass is 16.6. The van der Waals surface area contributed by atoms with Crippen molar-refractivity contribution in [3.63, 3.8) is 0 Å². The molecular weight excluding hydrogens is 438 g/mol. The van der Waals surface area contributed by atoms with Crippen LogP contribution >= 0.6 is 0 Å². The Morgan fingerprint density at radius 3 is 2.47 bits per heavy atom. The van der Waals surface area contributed by atoms with Gasteiger partial charge in [0.15, 0.2) is 0 Å². The predicted molar refractivity (Wildman–Crippen MR) is 126 cm³/mol. The molecule has 1 N–H and O–H groups in total. The third-order valence-electron chi connectivity index (χ3n) is 5.40. The second-order valence-corrected chi connectivity index (χ2v) is 7.72. The first kappa shape index (κ1) is 22.8. The van der Waals surface area contributed by atoms with Gasteiger partial charge in [-0.3, -0.25) is 0 Å². The molecule has 0 aliphatic rings. The number of rotatable bonds is 6. The van der Waals surface area contributed by atoms with Crippen molar-refractivity contribution in [2.45, 2.75) is 26.5 Å². The standard InChI is InChI=1S/C26H23NO7/c1-15-22(33-24(28)16(2)27-26(30)32-14-17-7-5-4-6-8-17)12-11-20-19-10-9-18(31-3)13-21(19)25(29)34-23(15)20/h4-13,16H,14H2,1-3H3,(H,27,30)/t16-/m0/s1. The second kappa shape index (κ2) is 9.66. The smallest absolute Gasteiger partial charge is 0.408 e. The van der Waals surface area contributed by atoms with Crippen molar-refractivity contribution in [2.75, 3.05) is 7.11 Å². The number of esters is 1. The summed E-state index contributed by atoms with van der Waals surface area (Å²) in [6.45, 7) is 3.26. The number of amides is 1. The third kappa shape index (κ3) is 4.71. The fourth-order valence-corrected chi connectivity index (χ4v) is 3.53. The summed E-state index contributed by atoms with van der Waals surface area (Å²) in [5.74, 6) is 0.0806. The van der Waals surface area contributed by atoms with Crippen LogP contribution in [-0.2, 0) is 16.1 Å². The van der Waals surface area contributed by atoms with Gasteiger partial charge in [-0.1, -0.05) is 30.3 Å². The lowest BCUT2D eigenvalue weighted by Gasteiger charge is -2.15. The summed E-state index contributed by atoms with van der Waals surface area (Å²) in [5, 5.41) is 4.24. The minimum absolute atomic E-state index is 0.0804. The Bertz CT molecular complexity index is 1430. The molecule has 0 fully saturated rings. The van der Waals surface area contributed by atoms with Gasteiger partial charge in [0.25, 0.3) is 0 Å². The Morgan fingerprint density at radius 2 is 1.74 bits per heavy atom. The number of carbonyl (C=O) groups excluding carboxylic acids is 2. The maximum absolute atomic E-state index is 12.6. The quantitative estimate of drug-likeness (QED) is 0.195. The summed E-state index contributed by atoms with van der Waals surface area (Å²) < 4.78 is 21.3. The van der Waals surface area contributed by atoms with Crippen molar-refractivity contribution >= 4 is 33.8 Å². The minimum Gasteiger partial charge on any atom is -0.497 e. The molecule has 0 aliphatic heterocycles. The maximum atomic E-state index is 12.6. The molecule has 8 nitrogen and oxygen atoms in total. The fraction of sp³-hybridized carbons (Fsp3) is 0.192. The van der Waals surface area contributed by atoms with Gasteiger partial charge in [-0.2, -0.15) is 0 Å². The first-order valence-corrected chi connectivity index (χ1v) is 10.6. The minimum atomic E-state index is -0.963. The van der Waals surface area contributed by atoms with Gasteiger partial charge in [0.1, 0.15) is 29.7 Å². The van der Waals surface area contributed by atoms with Crippen LogP contribution in [0.2, 0.25) is 0 Å². The number of fused-ring (bicyclic) bond motifs is 3. The summed E-state index contributed by atoms with van der Waals surface area (Å²) in [6, 6.07) is 16.7. The van der Waals surface area contributed by atoms with E-state index >= 15 is 0 Å². The van der Waals surface area contributed by atoms with Crippen LogP contribution in [0, 0.1) is 6.92 Å². The number of ether oxygens (including phenoxy) is 3. The molecule has 0 aliphatic carbocycles. The van der Waals surface area contributed by atoms with Gasteiger partial charge in [0.05, 0.1) is 12.5 Å². The topological polar surface area (TPSA) is 104 Å². The van der Waals surface area contributed by atoms with E-state index in [1.807, 2.05) is 30.3 Å². The molecule has 0 saturated carbocycles. The zero-order valence-electron chi connectivity index (χ0n) is 18.9. The van der Waals surface area contributed by atoms with E-state index in [0.29, 0.717) is 33.1 Å². The van der Waals surface area contributed by atoms with Crippen LogP contribution in [0.1, 0.15) is 18.1 Å². The first-order valence-electron chi connectivity index (χ1n) is 10.6. The van der Waals surface area contributed by atoms with Crippen LogP contribution in [0.5, 0.6) is 11.5 Å². The van der Waals surface area contributed by atoms with Crippen LogP contribution in [0.4, 0.5) is 4.79 Å². The van der Waals surface area contributed by atoms with E-state index in [-0.39, 0.29) is 12.4 Å². The SMILES string of the molecule is COc1ccc2c(c1)c(=O)oc1c(C)c(OC(=O)[C@H](C)NC(=O)OCc3ccccc3)ccc12. The zero-order valence-corrected chi connectivity index (χ0v) is 18.9. The molecule has 1 atom stereocenters. The third-order valence-corrected chi connectivity index (χ3v) is 5.40. The van der Waals surface area contributed by atoms with Gasteiger partial charge >= 0.3 is 17.7 Å². The molecule has 8 heteroatoms. The van der Waals surface area contributed by atoms with Gasteiger partial charge in [0, 0.05) is 16.3 Å². The van der Waals surface area contributed by atoms with E-state index in [0.717, 1.165) is 5.56 Å². The average molecular weight is 461 g/mol. The van der Waals surface area contributed by atoms with E-state index in [9.17, 15) is 14.4 Å². The molecular formula is C26H23NO7. The normalized spacial score (nSPS) is 11.7. The molecule has 4 rings (SSSR count). The molecule has 3 aromatic carbocycles. The molecule has 34 heavy (non-hydrogen) atoms. The number of nitrogens with one attached hydrogen (secondary N) is 1. The Kier molecular flexibility index (Phi) is 6.49. The summed E-state index contributed by atoms with van der Waals surface area (Å²) in [5.41, 5.74) is 1.10. The molecule has 0 radical (unpaired) electrons. The first-order chi connectivity index (χ1) is 16.4. The maximum Gasteiger partial charge on any atom is 0.408 e. The number of hydrogen-bond donors (Lipinski definition) is 1. The lowest BCUT2D eigenvalue weighted by Crippen LogP contribution is -2.41. The lowest BCUT2D eigenvalue weighted by atomic mass is 10.0. The Hall–Kier alpha value is -4.33. The van der Waals surface area contributed by atoms with Gasteiger partial charge in [-0.15, -0.1) is 0 Å². The zero-order chi connectivity index (χ0) is 24.2. The van der Waals surface area contributed by atoms with Crippen molar-refractivity contribution in [3.8, 4) is 11.5 Å². The highest BCUT2D eigenvalue weighted by Crippen LogP contribution is 2.32. The number of aryl methyl sites for hydroxylation is 1. The molecule has 0 unspecified atom stereocenters. The highest BCUT2D eigenvalue weighted by Gasteiger charge is 2.21. The molecule has 1 heterocycles. The number of carbonyl (C=O) groups is 2. The van der Waals surface area contributed by atoms with Crippen LogP contribution < -0.4 is 20.4 Å². The van der Waals surface area contributed by atoms with Gasteiger partial charge in [-0.25, -0.2) is 14.4 Å². The molecule has 0 bridgehead atoms. The predicted octanol–water partition coefficient (Wildman–Crippen LogP) is 4.48. The molecule has 4 aromatic rings. The Balaban J connectivity index is 1.49. The van der Waals surface area contributed by atoms with Crippen molar-refractivity contribution in [1.29, 1.82) is 0 Å². The summed E-state index contributed by atoms with van der Waals surface area (Å²) in [7, 11) is 1.52. The summed E-state index contributed by atoms with van der Waals surface area (Å²) >= 11 is 0. The van der Waals surface area contributed by atoms with Gasteiger partial charge in [-0.05, 0) is 49.7 Å². The van der Waals surface area contributed by atoms with E-state index in [1.54, 1.807) is 37.3 Å². The van der Waals surface area contributed by atoms with Crippen molar-refractivity contribution in [3.05, 3.63) is 82.2 Å². The van der Waals surface area contributed by atoms with Crippen LogP contribution in [-0.4, -0.2) is 25.2 Å². The van der Waals surface area contributed by atoms with Crippen LogP contribution in [0.25, 0.3) is 21.7 Å². The molecule has 1 amide bonds. The monoisotopic (exact) mass is 461 g/mol. The Morgan fingerprint density at radius 1 is 1.00 bits per heavy atom. The molecule has 0 saturated heterocycles. The Labute approximate surface area is 195 Å². The number of methoxy groups -OCH3 is 1. The van der Waals surface area contributed by atoms with E-state index in [2.05, 4.69) is 5.32 Å². The second-order valence-electron chi connectivity index (χ2n) is 7.72. The van der Waals surface area contributed by atoms with Crippen LogP contribution in [0.3, 0.4) is 0 Å². The summed E-state index contributed by atoms with van der Waals surface area (Å²) in [4.78, 5) is 37.1. The number of alkyl carbamates (subject to hydrolysis) is 1. The van der Waals surface area contributed by atoms with Gasteiger partial charge in [0.2, 0.25) is 0 Å². The van der Waals surface area contributed by atoms with Crippen molar-refractivity contribution < 1.29 is 28.2 Å². The van der Waals surface area contributed by atoms with Crippen molar-refractivity contribution in [1.82, 2.24) is 5.32 Å². The van der Waals surface area contributed by atoms with Crippen molar-refractivity contribution in [2.24, 2.45) is 0 Å². The fourth-order valence-electron chi connectivity index (χ4n) is 3.53. The van der Waals surface area contributed by atoms with E-state index in [4.69, 9.17) is 18.6 Å². The average Bonchev–Trinajstić information content (AvgIpc) is 2.85. The molecule has 0 spiro atoms. The van der Waals surface area contributed by atoms with Crippen LogP contribution in [0.15, 0.2) is 69.9 Å². The molecule has 174 valence electrons. The molecule has 1 aromatic heterocycles. The van der Waals surface area contributed by atoms with E-state index in [1.165, 1.54) is 14.0 Å². The largest absolute Gasteiger partial charge is 0.497 e. The summed E-state index contributed by atoms with van der Waals surface area (Å²) in [6.07, 6.45) is -0.739. The highest BCUT2D eigenvalue weighted by molar-refractivity contribution is 6.06. The van der Waals surface area contributed by atoms with Gasteiger partial charge < -0.3 is 23.9 Å².